The van der Waals surface area contributed by atoms with Gasteiger partial charge in [-0.05, 0) is 23.8 Å². The second-order valence-electron chi connectivity index (χ2n) is 4.37. The first-order chi connectivity index (χ1) is 9.67. The average molecular weight is 318 g/mol. The van der Waals surface area contributed by atoms with Crippen LogP contribution >= 0.6 is 12.4 Å². The molecule has 0 unspecified atom stereocenters. The molecule has 0 aliphatic carbocycles. The van der Waals surface area contributed by atoms with Crippen LogP contribution in [0.3, 0.4) is 0 Å². The zero-order valence-electron chi connectivity index (χ0n) is 11.6. The fraction of sp³-hybridized carbons (Fsp3) is 0.357. The minimum Gasteiger partial charge on any atom is -0.497 e. The summed E-state index contributed by atoms with van der Waals surface area (Å²) in [7, 11) is 1.63. The van der Waals surface area contributed by atoms with E-state index in [-0.39, 0.29) is 19.0 Å². The van der Waals surface area contributed by atoms with Crippen LogP contribution in [-0.4, -0.2) is 23.3 Å². The first-order valence-electron chi connectivity index (χ1n) is 6.31. The lowest BCUT2D eigenvalue weighted by atomic mass is 10.2. The van der Waals surface area contributed by atoms with Gasteiger partial charge in [0.25, 0.3) is 6.43 Å². The molecule has 116 valence electrons. The lowest BCUT2D eigenvalue weighted by molar-refractivity contribution is 0.121. The molecule has 4 nitrogen and oxygen atoms in total. The highest BCUT2D eigenvalue weighted by molar-refractivity contribution is 5.85. The monoisotopic (exact) mass is 317 g/mol. The number of nitrogens with one attached hydrogen (secondary N) is 1. The number of rotatable bonds is 7. The molecule has 0 aliphatic rings. The Hall–Kier alpha value is -1.66. The summed E-state index contributed by atoms with van der Waals surface area (Å²) in [5.41, 5.74) is 1.87. The Morgan fingerprint density at radius 2 is 1.90 bits per heavy atom. The molecule has 0 radical (unpaired) electrons. The fourth-order valence-electron chi connectivity index (χ4n) is 1.82. The molecule has 7 heteroatoms. The van der Waals surface area contributed by atoms with E-state index in [1.165, 1.54) is 4.68 Å². The van der Waals surface area contributed by atoms with Crippen LogP contribution in [0.4, 0.5) is 8.78 Å². The normalized spacial score (nSPS) is 10.5. The summed E-state index contributed by atoms with van der Waals surface area (Å²) in [6, 6.07) is 9.48. The molecular weight excluding hydrogens is 300 g/mol. The number of hydrogen-bond acceptors (Lipinski definition) is 3. The molecule has 1 aromatic carbocycles. The predicted octanol–water partition coefficient (Wildman–Crippen LogP) is 2.87. The Kier molecular flexibility index (Phi) is 7.11. The SMILES string of the molecule is COc1ccc(CNCc2ccn(CC(F)F)n2)cc1.Cl. The van der Waals surface area contributed by atoms with Gasteiger partial charge < -0.3 is 10.1 Å². The number of halogens is 3. The molecule has 0 amide bonds. The maximum absolute atomic E-state index is 12.2. The van der Waals surface area contributed by atoms with Crippen molar-refractivity contribution < 1.29 is 13.5 Å². The average Bonchev–Trinajstić information content (AvgIpc) is 2.86. The first kappa shape index (κ1) is 17.4. The van der Waals surface area contributed by atoms with Gasteiger partial charge in [-0.25, -0.2) is 8.78 Å². The summed E-state index contributed by atoms with van der Waals surface area (Å²) in [5, 5.41) is 7.28. The molecule has 0 saturated heterocycles. The van der Waals surface area contributed by atoms with E-state index in [0.717, 1.165) is 17.0 Å². The molecule has 2 rings (SSSR count). The molecule has 0 fully saturated rings. The highest BCUT2D eigenvalue weighted by Gasteiger charge is 2.05. The van der Waals surface area contributed by atoms with Crippen LogP contribution in [0.25, 0.3) is 0 Å². The van der Waals surface area contributed by atoms with Gasteiger partial charge in [-0.1, -0.05) is 12.1 Å². The van der Waals surface area contributed by atoms with Gasteiger partial charge >= 0.3 is 0 Å². The zero-order chi connectivity index (χ0) is 14.4. The minimum atomic E-state index is -2.38. The summed E-state index contributed by atoms with van der Waals surface area (Å²) < 4.78 is 30.7. The van der Waals surface area contributed by atoms with Crippen molar-refractivity contribution in [3.8, 4) is 5.75 Å². The summed E-state index contributed by atoms with van der Waals surface area (Å²) in [5.74, 6) is 0.819. The topological polar surface area (TPSA) is 39.1 Å². The Labute approximate surface area is 128 Å². The highest BCUT2D eigenvalue weighted by Crippen LogP contribution is 2.11. The van der Waals surface area contributed by atoms with Gasteiger partial charge in [0.05, 0.1) is 12.8 Å². The summed E-state index contributed by atoms with van der Waals surface area (Å²) in [4.78, 5) is 0. The molecule has 1 N–H and O–H groups in total. The Morgan fingerprint density at radius 3 is 2.52 bits per heavy atom. The van der Waals surface area contributed by atoms with Crippen molar-refractivity contribution in [2.24, 2.45) is 0 Å². The zero-order valence-corrected chi connectivity index (χ0v) is 12.4. The maximum atomic E-state index is 12.2. The van der Waals surface area contributed by atoms with E-state index in [1.54, 1.807) is 19.4 Å². The van der Waals surface area contributed by atoms with Crippen molar-refractivity contribution in [1.29, 1.82) is 0 Å². The van der Waals surface area contributed by atoms with Gasteiger partial charge in [0.2, 0.25) is 0 Å². The Bertz CT molecular complexity index is 531. The van der Waals surface area contributed by atoms with Gasteiger partial charge in [0.1, 0.15) is 12.3 Å². The summed E-state index contributed by atoms with van der Waals surface area (Å²) in [6.45, 7) is 0.868. The number of methoxy groups -OCH3 is 1. The molecule has 0 atom stereocenters. The largest absolute Gasteiger partial charge is 0.497 e. The Morgan fingerprint density at radius 1 is 1.19 bits per heavy atom. The molecule has 0 spiro atoms. The third-order valence-electron chi connectivity index (χ3n) is 2.82. The number of alkyl halides is 2. The second kappa shape index (κ2) is 8.59. The van der Waals surface area contributed by atoms with Crippen LogP contribution in [0.2, 0.25) is 0 Å². The van der Waals surface area contributed by atoms with Gasteiger partial charge in [-0.3, -0.25) is 4.68 Å². The van der Waals surface area contributed by atoms with E-state index >= 15 is 0 Å². The molecule has 1 heterocycles. The van der Waals surface area contributed by atoms with E-state index in [2.05, 4.69) is 10.4 Å². The predicted molar refractivity (Wildman–Crippen MR) is 79.0 cm³/mol. The second-order valence-corrected chi connectivity index (χ2v) is 4.37. The van der Waals surface area contributed by atoms with Gasteiger partial charge in [0.15, 0.2) is 0 Å². The van der Waals surface area contributed by atoms with Gasteiger partial charge in [-0.15, -0.1) is 12.4 Å². The van der Waals surface area contributed by atoms with Gasteiger partial charge in [-0.2, -0.15) is 5.10 Å². The molecule has 0 bridgehead atoms. The third kappa shape index (κ3) is 5.69. The number of ether oxygens (including phenoxy) is 1. The third-order valence-corrected chi connectivity index (χ3v) is 2.82. The van der Waals surface area contributed by atoms with Crippen LogP contribution in [0.5, 0.6) is 5.75 Å². The van der Waals surface area contributed by atoms with E-state index < -0.39 is 6.43 Å². The molecule has 21 heavy (non-hydrogen) atoms. The molecular formula is C14H18ClF2N3O. The lowest BCUT2D eigenvalue weighted by Crippen LogP contribution is -2.14. The van der Waals surface area contributed by atoms with Crippen LogP contribution in [-0.2, 0) is 19.6 Å². The lowest BCUT2D eigenvalue weighted by Gasteiger charge is -2.05. The smallest absolute Gasteiger partial charge is 0.257 e. The van der Waals surface area contributed by atoms with Crippen molar-refractivity contribution in [3.63, 3.8) is 0 Å². The molecule has 0 aliphatic heterocycles. The number of hydrogen-bond donors (Lipinski definition) is 1. The van der Waals surface area contributed by atoms with Crippen molar-refractivity contribution in [2.75, 3.05) is 7.11 Å². The summed E-state index contributed by atoms with van der Waals surface area (Å²) >= 11 is 0. The quantitative estimate of drug-likeness (QED) is 0.853. The van der Waals surface area contributed by atoms with Crippen molar-refractivity contribution in [2.45, 2.75) is 26.1 Å². The Balaban J connectivity index is 0.00000220. The standard InChI is InChI=1S/C14H17F2N3O.ClH/c1-20-13-4-2-11(3-5-13)8-17-9-12-6-7-19(18-12)10-14(15)16;/h2-7,14,17H,8-10H2,1H3;1H. The van der Waals surface area contributed by atoms with Crippen LogP contribution in [0.15, 0.2) is 36.5 Å². The first-order valence-corrected chi connectivity index (χ1v) is 6.31. The van der Waals surface area contributed by atoms with E-state index in [1.807, 2.05) is 24.3 Å². The number of nitrogens with zero attached hydrogens (tertiary/aromatic N) is 2. The molecule has 2 aromatic rings. The van der Waals surface area contributed by atoms with Crippen LogP contribution in [0, 0.1) is 0 Å². The summed E-state index contributed by atoms with van der Waals surface area (Å²) in [6.07, 6.45) is -0.814. The highest BCUT2D eigenvalue weighted by atomic mass is 35.5. The number of benzene rings is 1. The van der Waals surface area contributed by atoms with Crippen molar-refractivity contribution in [3.05, 3.63) is 47.8 Å². The molecule has 0 saturated carbocycles. The van der Waals surface area contributed by atoms with Crippen LogP contribution < -0.4 is 10.1 Å². The van der Waals surface area contributed by atoms with E-state index in [9.17, 15) is 8.78 Å². The van der Waals surface area contributed by atoms with Crippen molar-refractivity contribution >= 4 is 12.4 Å². The van der Waals surface area contributed by atoms with Crippen LogP contribution in [0.1, 0.15) is 11.3 Å². The molecule has 1 aromatic heterocycles. The van der Waals surface area contributed by atoms with Gasteiger partial charge in [0, 0.05) is 19.3 Å². The minimum absolute atomic E-state index is 0. The van der Waals surface area contributed by atoms with E-state index in [4.69, 9.17) is 4.74 Å². The van der Waals surface area contributed by atoms with E-state index in [0.29, 0.717) is 13.1 Å². The maximum Gasteiger partial charge on any atom is 0.257 e. The van der Waals surface area contributed by atoms with Crippen molar-refractivity contribution in [1.82, 2.24) is 15.1 Å². The number of aromatic nitrogens is 2. The fourth-order valence-corrected chi connectivity index (χ4v) is 1.82.